The van der Waals surface area contributed by atoms with Crippen molar-refractivity contribution in [3.05, 3.63) is 47.5 Å². The van der Waals surface area contributed by atoms with Crippen LogP contribution in [0.15, 0.2) is 36.4 Å². The van der Waals surface area contributed by atoms with E-state index in [0.717, 1.165) is 6.61 Å². The Kier molecular flexibility index (Phi) is 1.62. The highest BCUT2D eigenvalue weighted by atomic mass is 16.6. The third kappa shape index (κ3) is 1.30. The molecule has 0 aliphatic carbocycles. The molecule has 1 atom stereocenters. The zero-order valence-corrected chi connectivity index (χ0v) is 8.16. The van der Waals surface area contributed by atoms with Gasteiger partial charge in [0.05, 0.1) is 6.61 Å². The molecule has 0 radical (unpaired) electrons. The van der Waals surface area contributed by atoms with Crippen molar-refractivity contribution in [1.82, 2.24) is 0 Å². The van der Waals surface area contributed by atoms with Gasteiger partial charge in [0.2, 0.25) is 0 Å². The monoisotopic (exact) mass is 184 g/mol. The fraction of sp³-hybridized carbons (Fsp3) is 0.231. The van der Waals surface area contributed by atoms with E-state index in [-0.39, 0.29) is 0 Å². The van der Waals surface area contributed by atoms with Gasteiger partial charge in [-0.1, -0.05) is 35.9 Å². The molecule has 70 valence electrons. The maximum Gasteiger partial charge on any atom is 0.106 e. The Morgan fingerprint density at radius 3 is 2.57 bits per heavy atom. The second-order valence-electron chi connectivity index (χ2n) is 3.93. The molecule has 1 saturated heterocycles. The smallest absolute Gasteiger partial charge is 0.106 e. The second-order valence-corrected chi connectivity index (χ2v) is 3.93. The summed E-state index contributed by atoms with van der Waals surface area (Å²) < 4.78 is 5.27. The maximum atomic E-state index is 5.27. The topological polar surface area (TPSA) is 12.5 Å². The first-order valence-electron chi connectivity index (χ1n) is 4.95. The van der Waals surface area contributed by atoms with Crippen molar-refractivity contribution in [3.63, 3.8) is 0 Å². The van der Waals surface area contributed by atoms with E-state index >= 15 is 0 Å². The third-order valence-electron chi connectivity index (χ3n) is 2.72. The van der Waals surface area contributed by atoms with Crippen LogP contribution in [0.5, 0.6) is 0 Å². The van der Waals surface area contributed by atoms with Crippen LogP contribution in [0.1, 0.15) is 17.2 Å². The molecular weight excluding hydrogens is 172 g/mol. The quantitative estimate of drug-likeness (QED) is 0.620. The number of hydrogen-bond donors (Lipinski definition) is 0. The fourth-order valence-corrected chi connectivity index (χ4v) is 1.82. The van der Waals surface area contributed by atoms with Gasteiger partial charge in [0.25, 0.3) is 0 Å². The third-order valence-corrected chi connectivity index (χ3v) is 2.72. The van der Waals surface area contributed by atoms with Crippen LogP contribution in [0, 0.1) is 6.92 Å². The Bertz CT molecular complexity index is 484. The van der Waals surface area contributed by atoms with Gasteiger partial charge in [-0.05, 0) is 29.3 Å². The zero-order valence-electron chi connectivity index (χ0n) is 8.16. The number of aryl methyl sites for hydroxylation is 1. The van der Waals surface area contributed by atoms with E-state index in [2.05, 4.69) is 43.3 Å². The van der Waals surface area contributed by atoms with E-state index in [1.54, 1.807) is 0 Å². The normalized spacial score (nSPS) is 19.9. The van der Waals surface area contributed by atoms with Gasteiger partial charge in [0.15, 0.2) is 0 Å². The van der Waals surface area contributed by atoms with E-state index in [4.69, 9.17) is 4.74 Å². The van der Waals surface area contributed by atoms with Crippen LogP contribution in [-0.2, 0) is 4.74 Å². The van der Waals surface area contributed by atoms with Crippen LogP contribution in [0.25, 0.3) is 10.8 Å². The SMILES string of the molecule is Cc1ccc2cc([C@H]3CO3)ccc2c1. The van der Waals surface area contributed by atoms with Crippen molar-refractivity contribution in [2.24, 2.45) is 0 Å². The molecule has 1 aliphatic rings. The minimum atomic E-state index is 0.362. The molecule has 3 rings (SSSR count). The Balaban J connectivity index is 2.18. The van der Waals surface area contributed by atoms with Crippen molar-refractivity contribution in [2.75, 3.05) is 6.61 Å². The molecule has 2 aromatic carbocycles. The lowest BCUT2D eigenvalue weighted by atomic mass is 10.0. The molecule has 0 saturated carbocycles. The first kappa shape index (κ1) is 8.01. The number of hydrogen-bond acceptors (Lipinski definition) is 1. The molecule has 1 heterocycles. The Morgan fingerprint density at radius 2 is 1.79 bits per heavy atom. The van der Waals surface area contributed by atoms with Gasteiger partial charge >= 0.3 is 0 Å². The number of epoxide rings is 1. The molecule has 0 spiro atoms. The van der Waals surface area contributed by atoms with Crippen LogP contribution in [0.3, 0.4) is 0 Å². The van der Waals surface area contributed by atoms with Gasteiger partial charge < -0.3 is 4.74 Å². The highest BCUT2D eigenvalue weighted by Crippen LogP contribution is 2.31. The molecule has 1 heteroatoms. The molecule has 2 aromatic rings. The molecule has 1 nitrogen and oxygen atoms in total. The summed E-state index contributed by atoms with van der Waals surface area (Å²) in [6.45, 7) is 3.01. The van der Waals surface area contributed by atoms with Gasteiger partial charge in [0.1, 0.15) is 6.10 Å². The molecule has 0 N–H and O–H groups in total. The van der Waals surface area contributed by atoms with Gasteiger partial charge in [0, 0.05) is 0 Å². The van der Waals surface area contributed by atoms with Crippen molar-refractivity contribution in [3.8, 4) is 0 Å². The van der Waals surface area contributed by atoms with Crippen LogP contribution in [0.4, 0.5) is 0 Å². The summed E-state index contributed by atoms with van der Waals surface area (Å²) in [6.07, 6.45) is 0.362. The summed E-state index contributed by atoms with van der Waals surface area (Å²) >= 11 is 0. The van der Waals surface area contributed by atoms with Crippen LogP contribution in [-0.4, -0.2) is 6.61 Å². The fourth-order valence-electron chi connectivity index (χ4n) is 1.82. The van der Waals surface area contributed by atoms with Gasteiger partial charge in [-0.15, -0.1) is 0 Å². The predicted octanol–water partition coefficient (Wildman–Crippen LogP) is 3.22. The average molecular weight is 184 g/mol. The number of fused-ring (bicyclic) bond motifs is 1. The minimum Gasteiger partial charge on any atom is -0.368 e. The Hall–Kier alpha value is -1.34. The summed E-state index contributed by atoms with van der Waals surface area (Å²) in [6, 6.07) is 13.1. The maximum absolute atomic E-state index is 5.27. The summed E-state index contributed by atoms with van der Waals surface area (Å²) in [5, 5.41) is 2.62. The van der Waals surface area contributed by atoms with E-state index in [0.29, 0.717) is 6.10 Å². The van der Waals surface area contributed by atoms with Crippen LogP contribution < -0.4 is 0 Å². The molecule has 14 heavy (non-hydrogen) atoms. The van der Waals surface area contributed by atoms with E-state index in [1.807, 2.05) is 0 Å². The Morgan fingerprint density at radius 1 is 1.07 bits per heavy atom. The first-order chi connectivity index (χ1) is 6.83. The summed E-state index contributed by atoms with van der Waals surface area (Å²) in [5.74, 6) is 0. The van der Waals surface area contributed by atoms with Crippen molar-refractivity contribution in [1.29, 1.82) is 0 Å². The number of ether oxygens (including phenoxy) is 1. The second kappa shape index (κ2) is 2.82. The van der Waals surface area contributed by atoms with Gasteiger partial charge in [-0.2, -0.15) is 0 Å². The molecular formula is C13H12O. The number of benzene rings is 2. The summed E-state index contributed by atoms with van der Waals surface area (Å²) in [7, 11) is 0. The van der Waals surface area contributed by atoms with E-state index in [9.17, 15) is 0 Å². The van der Waals surface area contributed by atoms with E-state index < -0.39 is 0 Å². The lowest BCUT2D eigenvalue weighted by Crippen LogP contribution is -1.81. The molecule has 0 unspecified atom stereocenters. The highest BCUT2D eigenvalue weighted by molar-refractivity contribution is 5.83. The van der Waals surface area contributed by atoms with Gasteiger partial charge in [-0.3, -0.25) is 0 Å². The van der Waals surface area contributed by atoms with Crippen LogP contribution in [0.2, 0.25) is 0 Å². The van der Waals surface area contributed by atoms with Crippen molar-refractivity contribution >= 4 is 10.8 Å². The number of rotatable bonds is 1. The summed E-state index contributed by atoms with van der Waals surface area (Å²) in [5.41, 5.74) is 2.62. The minimum absolute atomic E-state index is 0.362. The summed E-state index contributed by atoms with van der Waals surface area (Å²) in [4.78, 5) is 0. The van der Waals surface area contributed by atoms with Crippen LogP contribution >= 0.6 is 0 Å². The predicted molar refractivity (Wildman–Crippen MR) is 57.4 cm³/mol. The standard InChI is InChI=1S/C13H12O/c1-9-2-3-11-7-12(13-8-14-13)5-4-10(11)6-9/h2-7,13H,8H2,1H3/t13-/m1/s1. The average Bonchev–Trinajstić information content (AvgIpc) is 3.00. The van der Waals surface area contributed by atoms with Gasteiger partial charge in [-0.25, -0.2) is 0 Å². The zero-order chi connectivity index (χ0) is 9.54. The molecule has 1 aliphatic heterocycles. The molecule has 0 bridgehead atoms. The molecule has 1 fully saturated rings. The van der Waals surface area contributed by atoms with Crippen molar-refractivity contribution < 1.29 is 4.74 Å². The highest BCUT2D eigenvalue weighted by Gasteiger charge is 2.24. The molecule has 0 amide bonds. The first-order valence-corrected chi connectivity index (χ1v) is 4.95. The molecule has 0 aromatic heterocycles. The van der Waals surface area contributed by atoms with Crippen molar-refractivity contribution in [2.45, 2.75) is 13.0 Å². The van der Waals surface area contributed by atoms with E-state index in [1.165, 1.54) is 21.9 Å². The lowest BCUT2D eigenvalue weighted by molar-refractivity contribution is 0.416. The Labute approximate surface area is 83.3 Å². The largest absolute Gasteiger partial charge is 0.368 e. The lowest BCUT2D eigenvalue weighted by Gasteiger charge is -2.01.